The van der Waals surface area contributed by atoms with Gasteiger partial charge in [0.1, 0.15) is 18.4 Å². The lowest BCUT2D eigenvalue weighted by Gasteiger charge is -2.23. The number of carbonyl (C=O) groups excluding carboxylic acids is 2. The van der Waals surface area contributed by atoms with Crippen molar-refractivity contribution < 1.29 is 14.3 Å². The van der Waals surface area contributed by atoms with Crippen LogP contribution in [0.25, 0.3) is 11.1 Å². The van der Waals surface area contributed by atoms with Crippen molar-refractivity contribution in [2.24, 2.45) is 5.92 Å². The van der Waals surface area contributed by atoms with Crippen molar-refractivity contribution in [1.29, 1.82) is 0 Å². The molecule has 7 heteroatoms. The summed E-state index contributed by atoms with van der Waals surface area (Å²) in [5, 5.41) is 5.95. The minimum atomic E-state index is -0.529. The highest BCUT2D eigenvalue weighted by atomic mass is 32.2. The van der Waals surface area contributed by atoms with E-state index in [9.17, 15) is 9.59 Å². The van der Waals surface area contributed by atoms with E-state index in [1.807, 2.05) is 57.4 Å². The Bertz CT molecular complexity index is 919. The lowest BCUT2D eigenvalue weighted by atomic mass is 10.1. The third-order valence-corrected chi connectivity index (χ3v) is 6.24. The Morgan fingerprint density at radius 2 is 2.09 bits per heavy atom. The molecule has 0 aliphatic carbocycles. The molecular weight excluding hydrogens is 422 g/mol. The van der Waals surface area contributed by atoms with E-state index < -0.39 is 6.04 Å². The van der Waals surface area contributed by atoms with Crippen LogP contribution in [0.1, 0.15) is 46.5 Å². The highest BCUT2D eigenvalue weighted by molar-refractivity contribution is 7.99. The zero-order chi connectivity index (χ0) is 22.9. The standard InChI is InChI=1S/C25H33N3O3S/c1-17(2)12-24(29)28-22-9-6-7-11-32-20-13-19(14-26-15-20)21-8-4-5-10-23(21)31-16-18(3)27-25(22)30/h4-5,8,10,13-15,17-18,22H,6-7,9,11-12,16H2,1-3H3,(H,27,30)(H,28,29)/t18-,22+/m1/s1. The second-order valence-corrected chi connectivity index (χ2v) is 9.86. The summed E-state index contributed by atoms with van der Waals surface area (Å²) in [4.78, 5) is 30.8. The van der Waals surface area contributed by atoms with E-state index in [2.05, 4.69) is 21.7 Å². The summed E-state index contributed by atoms with van der Waals surface area (Å²) < 4.78 is 6.08. The van der Waals surface area contributed by atoms with E-state index in [0.717, 1.165) is 40.4 Å². The van der Waals surface area contributed by atoms with Crippen molar-refractivity contribution in [3.05, 3.63) is 42.7 Å². The van der Waals surface area contributed by atoms with Gasteiger partial charge in [-0.3, -0.25) is 14.6 Å². The molecule has 0 unspecified atom stereocenters. The van der Waals surface area contributed by atoms with E-state index in [1.165, 1.54) is 0 Å². The average molecular weight is 456 g/mol. The summed E-state index contributed by atoms with van der Waals surface area (Å²) in [6, 6.07) is 9.29. The van der Waals surface area contributed by atoms with Crippen molar-refractivity contribution in [3.63, 3.8) is 0 Å². The number of rotatable bonds is 3. The quantitative estimate of drug-likeness (QED) is 0.715. The number of para-hydroxylation sites is 1. The van der Waals surface area contributed by atoms with Gasteiger partial charge in [-0.25, -0.2) is 0 Å². The number of thioether (sulfide) groups is 1. The Balaban J connectivity index is 1.78. The average Bonchev–Trinajstić information content (AvgIpc) is 2.76. The van der Waals surface area contributed by atoms with Gasteiger partial charge >= 0.3 is 0 Å². The Labute approximate surface area is 194 Å². The van der Waals surface area contributed by atoms with Crippen molar-refractivity contribution in [2.45, 2.75) is 63.4 Å². The molecule has 1 aliphatic rings. The van der Waals surface area contributed by atoms with Crippen LogP contribution in [0, 0.1) is 5.92 Å². The zero-order valence-electron chi connectivity index (χ0n) is 19.1. The summed E-state index contributed by atoms with van der Waals surface area (Å²) in [6.07, 6.45) is 6.57. The van der Waals surface area contributed by atoms with E-state index in [1.54, 1.807) is 11.8 Å². The third-order valence-electron chi connectivity index (χ3n) is 5.19. The molecule has 0 radical (unpaired) electrons. The lowest BCUT2D eigenvalue weighted by molar-refractivity contribution is -0.130. The summed E-state index contributed by atoms with van der Waals surface area (Å²) in [6.45, 7) is 6.24. The Morgan fingerprint density at radius 3 is 2.91 bits per heavy atom. The van der Waals surface area contributed by atoms with Crippen LogP contribution in [-0.4, -0.2) is 41.2 Å². The molecule has 3 rings (SSSR count). The smallest absolute Gasteiger partial charge is 0.242 e. The second-order valence-electron chi connectivity index (χ2n) is 8.69. The monoisotopic (exact) mass is 455 g/mol. The summed E-state index contributed by atoms with van der Waals surface area (Å²) in [7, 11) is 0. The minimum Gasteiger partial charge on any atom is -0.491 e. The van der Waals surface area contributed by atoms with Crippen LogP contribution in [0.4, 0.5) is 0 Å². The topological polar surface area (TPSA) is 80.3 Å². The maximum absolute atomic E-state index is 12.9. The van der Waals surface area contributed by atoms with E-state index in [4.69, 9.17) is 4.74 Å². The van der Waals surface area contributed by atoms with Crippen molar-refractivity contribution in [1.82, 2.24) is 15.6 Å². The van der Waals surface area contributed by atoms with Gasteiger partial charge in [-0.1, -0.05) is 38.5 Å². The number of pyridine rings is 1. The van der Waals surface area contributed by atoms with Crippen molar-refractivity contribution in [2.75, 3.05) is 12.4 Å². The number of hydrogen-bond donors (Lipinski definition) is 2. The molecule has 1 aliphatic heterocycles. The molecule has 1 aromatic heterocycles. The first-order valence-corrected chi connectivity index (χ1v) is 12.3. The summed E-state index contributed by atoms with van der Waals surface area (Å²) in [5.41, 5.74) is 1.99. The highest BCUT2D eigenvalue weighted by Gasteiger charge is 2.22. The predicted octanol–water partition coefficient (Wildman–Crippen LogP) is 4.44. The number of nitrogens with zero attached hydrogens (tertiary/aromatic N) is 1. The first kappa shape index (κ1) is 24.1. The number of nitrogens with one attached hydrogen (secondary N) is 2. The van der Waals surface area contributed by atoms with Gasteiger partial charge in [0.15, 0.2) is 0 Å². The van der Waals surface area contributed by atoms with Gasteiger partial charge in [0.05, 0.1) is 6.04 Å². The number of carbonyl (C=O) groups is 2. The minimum absolute atomic E-state index is 0.0790. The Kier molecular flexibility index (Phi) is 8.97. The molecule has 32 heavy (non-hydrogen) atoms. The number of hydrogen-bond acceptors (Lipinski definition) is 5. The first-order valence-electron chi connectivity index (χ1n) is 11.3. The molecule has 2 atom stereocenters. The molecule has 0 saturated carbocycles. The SMILES string of the molecule is CC(C)CC(=O)N[C@H]1CCCCSc2cncc(c2)-c2ccccc2OC[C@@H](C)NC1=O. The molecule has 2 heterocycles. The van der Waals surface area contributed by atoms with Gasteiger partial charge in [-0.15, -0.1) is 11.8 Å². The van der Waals surface area contributed by atoms with E-state index in [-0.39, 0.29) is 23.8 Å². The van der Waals surface area contributed by atoms with Crippen LogP contribution >= 0.6 is 11.8 Å². The van der Waals surface area contributed by atoms with Crippen LogP contribution in [0.3, 0.4) is 0 Å². The zero-order valence-corrected chi connectivity index (χ0v) is 19.9. The Morgan fingerprint density at radius 1 is 1.28 bits per heavy atom. The van der Waals surface area contributed by atoms with Crippen LogP contribution in [0.5, 0.6) is 5.75 Å². The van der Waals surface area contributed by atoms with Crippen LogP contribution in [-0.2, 0) is 9.59 Å². The number of aromatic nitrogens is 1. The molecule has 1 aromatic carbocycles. The van der Waals surface area contributed by atoms with Gasteiger partial charge in [0.2, 0.25) is 11.8 Å². The Hall–Kier alpha value is -2.54. The first-order chi connectivity index (χ1) is 15.4. The van der Waals surface area contributed by atoms with Crippen molar-refractivity contribution >= 4 is 23.6 Å². The maximum atomic E-state index is 12.9. The van der Waals surface area contributed by atoms with Crippen LogP contribution in [0.15, 0.2) is 47.6 Å². The molecule has 0 saturated heterocycles. The van der Waals surface area contributed by atoms with Crippen LogP contribution in [0.2, 0.25) is 0 Å². The summed E-state index contributed by atoms with van der Waals surface area (Å²) >= 11 is 1.75. The largest absolute Gasteiger partial charge is 0.491 e. The molecule has 2 amide bonds. The van der Waals surface area contributed by atoms with Gasteiger partial charge in [-0.2, -0.15) is 0 Å². The normalized spacial score (nSPS) is 20.1. The fourth-order valence-electron chi connectivity index (χ4n) is 3.61. The predicted molar refractivity (Wildman–Crippen MR) is 129 cm³/mol. The highest BCUT2D eigenvalue weighted by Crippen LogP contribution is 2.32. The van der Waals surface area contributed by atoms with Gasteiger partial charge in [0.25, 0.3) is 0 Å². The molecule has 2 aromatic rings. The number of fused-ring (bicyclic) bond motifs is 4. The number of ether oxygens (including phenoxy) is 1. The summed E-state index contributed by atoms with van der Waals surface area (Å²) in [5.74, 6) is 1.70. The molecule has 0 spiro atoms. The molecule has 2 bridgehead atoms. The van der Waals surface area contributed by atoms with E-state index in [0.29, 0.717) is 19.4 Å². The molecule has 2 N–H and O–H groups in total. The molecule has 6 nitrogen and oxygen atoms in total. The van der Waals surface area contributed by atoms with E-state index >= 15 is 0 Å². The van der Waals surface area contributed by atoms with Crippen molar-refractivity contribution in [3.8, 4) is 16.9 Å². The van der Waals surface area contributed by atoms with Crippen LogP contribution < -0.4 is 15.4 Å². The molecule has 0 fully saturated rings. The van der Waals surface area contributed by atoms with Gasteiger partial charge in [0, 0.05) is 34.8 Å². The molecule has 172 valence electrons. The third kappa shape index (κ3) is 7.26. The fourth-order valence-corrected chi connectivity index (χ4v) is 4.54. The maximum Gasteiger partial charge on any atom is 0.242 e. The molecular formula is C25H33N3O3S. The number of benzene rings is 1. The fraction of sp³-hybridized carbons (Fsp3) is 0.480. The second kappa shape index (κ2) is 11.9. The number of amides is 2. The van der Waals surface area contributed by atoms with Gasteiger partial charge < -0.3 is 15.4 Å². The lowest BCUT2D eigenvalue weighted by Crippen LogP contribution is -2.50. The van der Waals surface area contributed by atoms with Gasteiger partial charge in [-0.05, 0) is 43.6 Å².